The quantitative estimate of drug-likeness (QED) is 0.488. The van der Waals surface area contributed by atoms with Crippen LogP contribution in [0.5, 0.6) is 11.5 Å². The second kappa shape index (κ2) is 7.77. The number of phenols is 1. The van der Waals surface area contributed by atoms with Crippen LogP contribution in [0, 0.1) is 5.82 Å². The van der Waals surface area contributed by atoms with E-state index in [1.807, 2.05) is 0 Å². The Kier molecular flexibility index (Phi) is 5.41. The number of benzene rings is 2. The first-order valence-corrected chi connectivity index (χ1v) is 7.98. The van der Waals surface area contributed by atoms with Crippen LogP contribution in [0.3, 0.4) is 0 Å². The van der Waals surface area contributed by atoms with Gasteiger partial charge in [-0.2, -0.15) is 4.98 Å². The van der Waals surface area contributed by atoms with Gasteiger partial charge in [-0.15, -0.1) is 13.2 Å². The summed E-state index contributed by atoms with van der Waals surface area (Å²) in [6.07, 6.45) is -3.98. The van der Waals surface area contributed by atoms with E-state index >= 15 is 0 Å². The first kappa shape index (κ1) is 19.5. The highest BCUT2D eigenvalue weighted by molar-refractivity contribution is 6.32. The summed E-state index contributed by atoms with van der Waals surface area (Å²) in [7, 11) is 0. The Morgan fingerprint density at radius 1 is 1.04 bits per heavy atom. The number of hydrogen-bond donors (Lipinski definition) is 3. The molecule has 1 heterocycles. The van der Waals surface area contributed by atoms with E-state index in [1.165, 1.54) is 18.2 Å². The largest absolute Gasteiger partial charge is 0.573 e. The van der Waals surface area contributed by atoms with E-state index in [9.17, 15) is 22.7 Å². The van der Waals surface area contributed by atoms with Crippen LogP contribution < -0.4 is 15.4 Å². The molecular formula is C17H11ClF4N4O2. The van der Waals surface area contributed by atoms with Gasteiger partial charge in [-0.1, -0.05) is 17.7 Å². The lowest BCUT2D eigenvalue weighted by atomic mass is 10.3. The maximum Gasteiger partial charge on any atom is 0.573 e. The number of hydrogen-bond acceptors (Lipinski definition) is 6. The molecule has 0 atom stereocenters. The zero-order valence-electron chi connectivity index (χ0n) is 13.8. The lowest BCUT2D eigenvalue weighted by molar-refractivity contribution is -0.274. The van der Waals surface area contributed by atoms with Gasteiger partial charge in [0.2, 0.25) is 5.95 Å². The minimum absolute atomic E-state index is 0.0151. The van der Waals surface area contributed by atoms with Crippen molar-refractivity contribution in [2.45, 2.75) is 6.36 Å². The highest BCUT2D eigenvalue weighted by Crippen LogP contribution is 2.33. The maximum atomic E-state index is 14.0. The van der Waals surface area contributed by atoms with E-state index in [4.69, 9.17) is 11.6 Å². The van der Waals surface area contributed by atoms with Gasteiger partial charge in [-0.3, -0.25) is 0 Å². The summed E-state index contributed by atoms with van der Waals surface area (Å²) in [5, 5.41) is 14.5. The minimum atomic E-state index is -4.89. The van der Waals surface area contributed by atoms with Crippen LogP contribution in [0.2, 0.25) is 5.02 Å². The van der Waals surface area contributed by atoms with E-state index in [0.717, 1.165) is 18.3 Å². The van der Waals surface area contributed by atoms with Gasteiger partial charge in [-0.05, 0) is 30.3 Å². The number of ether oxygens (including phenoxy) is 1. The van der Waals surface area contributed by atoms with Crippen molar-refractivity contribution in [3.05, 3.63) is 59.5 Å². The molecule has 3 N–H and O–H groups in total. The lowest BCUT2D eigenvalue weighted by Gasteiger charge is -2.13. The third-order valence-corrected chi connectivity index (χ3v) is 3.56. The number of anilines is 4. The average molecular weight is 415 g/mol. The topological polar surface area (TPSA) is 79.3 Å². The molecule has 0 unspecified atom stereocenters. The lowest BCUT2D eigenvalue weighted by Crippen LogP contribution is -2.17. The van der Waals surface area contributed by atoms with Crippen molar-refractivity contribution in [3.8, 4) is 11.5 Å². The molecule has 0 aliphatic heterocycles. The van der Waals surface area contributed by atoms with Crippen molar-refractivity contribution in [3.63, 3.8) is 0 Å². The first-order chi connectivity index (χ1) is 13.2. The molecule has 3 aromatic rings. The van der Waals surface area contributed by atoms with Crippen LogP contribution in [-0.4, -0.2) is 21.4 Å². The fourth-order valence-electron chi connectivity index (χ4n) is 2.15. The van der Waals surface area contributed by atoms with Gasteiger partial charge in [0.25, 0.3) is 0 Å². The Balaban J connectivity index is 1.79. The first-order valence-electron chi connectivity index (χ1n) is 7.60. The number of aromatic nitrogens is 2. The van der Waals surface area contributed by atoms with Crippen LogP contribution in [0.1, 0.15) is 0 Å². The van der Waals surface area contributed by atoms with Gasteiger partial charge >= 0.3 is 6.36 Å². The third-order valence-electron chi connectivity index (χ3n) is 3.27. The Hall–Kier alpha value is -3.27. The molecular weight excluding hydrogens is 404 g/mol. The number of aromatic hydroxyl groups is 1. The summed E-state index contributed by atoms with van der Waals surface area (Å²) in [4.78, 5) is 7.75. The SMILES string of the molecule is Oc1cccc(Nc2ncc(F)c(Nc3ccc(OC(F)(F)F)c(Cl)c3)n2)c1. The van der Waals surface area contributed by atoms with Crippen molar-refractivity contribution in [2.75, 3.05) is 10.6 Å². The van der Waals surface area contributed by atoms with Gasteiger partial charge in [0.1, 0.15) is 11.5 Å². The molecule has 0 spiro atoms. The van der Waals surface area contributed by atoms with Crippen LogP contribution in [0.25, 0.3) is 0 Å². The number of nitrogens with one attached hydrogen (secondary N) is 2. The Morgan fingerprint density at radius 2 is 1.79 bits per heavy atom. The molecule has 0 saturated carbocycles. The highest BCUT2D eigenvalue weighted by atomic mass is 35.5. The summed E-state index contributed by atoms with van der Waals surface area (Å²) in [6.45, 7) is 0. The third kappa shape index (κ3) is 5.13. The summed E-state index contributed by atoms with van der Waals surface area (Å²) in [6, 6.07) is 9.46. The molecule has 0 radical (unpaired) electrons. The minimum Gasteiger partial charge on any atom is -0.508 e. The molecule has 0 saturated heterocycles. The summed E-state index contributed by atoms with van der Waals surface area (Å²) < 4.78 is 54.6. The number of phenolic OH excluding ortho intramolecular Hbond substituents is 1. The summed E-state index contributed by atoms with van der Waals surface area (Å²) in [5.41, 5.74) is 0.648. The van der Waals surface area contributed by atoms with Crippen molar-refractivity contribution >= 4 is 34.7 Å². The molecule has 0 aliphatic rings. The van der Waals surface area contributed by atoms with E-state index in [1.54, 1.807) is 12.1 Å². The monoisotopic (exact) mass is 414 g/mol. The Bertz CT molecular complexity index is 1000. The van der Waals surface area contributed by atoms with Gasteiger partial charge in [0.15, 0.2) is 11.6 Å². The maximum absolute atomic E-state index is 14.0. The standard InChI is InChI=1S/C17H11ClF4N4O2/c18-12-7-10(4-5-14(12)28-17(20,21)22)24-15-13(19)8-23-16(26-15)25-9-2-1-3-11(27)6-9/h1-8,27H,(H2,23,24,25,26). The van der Waals surface area contributed by atoms with E-state index in [2.05, 4.69) is 25.3 Å². The zero-order valence-corrected chi connectivity index (χ0v) is 14.5. The number of rotatable bonds is 5. The van der Waals surface area contributed by atoms with Crippen molar-refractivity contribution in [2.24, 2.45) is 0 Å². The normalized spacial score (nSPS) is 11.2. The molecule has 3 rings (SSSR count). The van der Waals surface area contributed by atoms with Crippen LogP contribution >= 0.6 is 11.6 Å². The molecule has 2 aromatic carbocycles. The molecule has 0 fully saturated rings. The molecule has 0 amide bonds. The molecule has 28 heavy (non-hydrogen) atoms. The predicted octanol–water partition coefficient (Wildman–Crippen LogP) is 5.36. The molecule has 0 aliphatic carbocycles. The Morgan fingerprint density at radius 3 is 2.46 bits per heavy atom. The fourth-order valence-corrected chi connectivity index (χ4v) is 2.37. The van der Waals surface area contributed by atoms with Crippen LogP contribution in [0.4, 0.5) is 40.7 Å². The van der Waals surface area contributed by atoms with Crippen molar-refractivity contribution in [1.82, 2.24) is 9.97 Å². The van der Waals surface area contributed by atoms with Gasteiger partial charge in [0.05, 0.1) is 11.2 Å². The molecule has 146 valence electrons. The van der Waals surface area contributed by atoms with Crippen molar-refractivity contribution in [1.29, 1.82) is 0 Å². The molecule has 0 bridgehead atoms. The van der Waals surface area contributed by atoms with E-state index in [0.29, 0.717) is 5.69 Å². The van der Waals surface area contributed by atoms with Crippen molar-refractivity contribution < 1.29 is 27.4 Å². The van der Waals surface area contributed by atoms with Gasteiger partial charge in [-0.25, -0.2) is 9.37 Å². The fraction of sp³-hybridized carbons (Fsp3) is 0.0588. The smallest absolute Gasteiger partial charge is 0.508 e. The summed E-state index contributed by atoms with van der Waals surface area (Å²) in [5.74, 6) is -1.58. The molecule has 11 heteroatoms. The number of nitrogens with zero attached hydrogens (tertiary/aromatic N) is 2. The van der Waals surface area contributed by atoms with Gasteiger partial charge in [0, 0.05) is 17.4 Å². The van der Waals surface area contributed by atoms with Crippen LogP contribution in [-0.2, 0) is 0 Å². The average Bonchev–Trinajstić information content (AvgIpc) is 2.59. The second-order valence-corrected chi connectivity index (χ2v) is 5.79. The van der Waals surface area contributed by atoms with Gasteiger partial charge < -0.3 is 20.5 Å². The highest BCUT2D eigenvalue weighted by Gasteiger charge is 2.32. The van der Waals surface area contributed by atoms with Crippen LogP contribution in [0.15, 0.2) is 48.7 Å². The van der Waals surface area contributed by atoms with E-state index in [-0.39, 0.29) is 28.2 Å². The predicted molar refractivity (Wildman–Crippen MR) is 94.8 cm³/mol. The number of alkyl halides is 3. The van der Waals surface area contributed by atoms with E-state index < -0.39 is 17.9 Å². The summed E-state index contributed by atoms with van der Waals surface area (Å²) >= 11 is 5.77. The number of halogens is 5. The molecule has 1 aromatic heterocycles. The molecule has 6 nitrogen and oxygen atoms in total. The zero-order chi connectivity index (χ0) is 20.3. The second-order valence-electron chi connectivity index (χ2n) is 5.38. The Labute approximate surface area is 160 Å².